The molecule has 0 amide bonds. The van der Waals surface area contributed by atoms with Crippen LogP contribution >= 0.6 is 0 Å². The Morgan fingerprint density at radius 1 is 0.852 bits per heavy atom. The van der Waals surface area contributed by atoms with E-state index >= 15 is 0 Å². The van der Waals surface area contributed by atoms with Crippen molar-refractivity contribution >= 4 is 19.9 Å². The molecule has 0 aliphatic carbocycles. The van der Waals surface area contributed by atoms with Crippen molar-refractivity contribution in [3.05, 3.63) is 84.6 Å². The summed E-state index contributed by atoms with van der Waals surface area (Å²) in [4.78, 5) is -0.119. The van der Waals surface area contributed by atoms with Gasteiger partial charge in [-0.1, -0.05) is 18.2 Å². The maximum Gasteiger partial charge on any atom is 0.240 e. The SMILES string of the molecule is O=S(=O)(NCC(c1ccco1)S(=O)(=O)c1ccc(F)cc1)c1ccccc1. The third-order valence-electron chi connectivity index (χ3n) is 3.89. The van der Waals surface area contributed by atoms with E-state index in [4.69, 9.17) is 4.42 Å². The highest BCUT2D eigenvalue weighted by atomic mass is 32.2. The molecule has 1 heterocycles. The van der Waals surface area contributed by atoms with Gasteiger partial charge in [-0.05, 0) is 48.5 Å². The van der Waals surface area contributed by atoms with Crippen molar-refractivity contribution in [2.45, 2.75) is 15.0 Å². The van der Waals surface area contributed by atoms with E-state index in [2.05, 4.69) is 4.72 Å². The number of rotatable bonds is 7. The predicted octanol–water partition coefficient (Wildman–Crippen LogP) is 2.91. The smallest absolute Gasteiger partial charge is 0.240 e. The summed E-state index contributed by atoms with van der Waals surface area (Å²) in [5.74, 6) is -0.497. The van der Waals surface area contributed by atoms with Crippen molar-refractivity contribution in [2.75, 3.05) is 6.54 Å². The van der Waals surface area contributed by atoms with E-state index in [1.807, 2.05) is 0 Å². The maximum atomic E-state index is 13.1. The number of nitrogens with one attached hydrogen (secondary N) is 1. The van der Waals surface area contributed by atoms with Gasteiger partial charge in [0.05, 0.1) is 16.1 Å². The van der Waals surface area contributed by atoms with Gasteiger partial charge in [0.25, 0.3) is 0 Å². The summed E-state index contributed by atoms with van der Waals surface area (Å²) < 4.78 is 71.5. The van der Waals surface area contributed by atoms with Gasteiger partial charge in [0, 0.05) is 6.54 Å². The Kier molecular flexibility index (Phi) is 5.45. The first kappa shape index (κ1) is 19.3. The summed E-state index contributed by atoms with van der Waals surface area (Å²) in [6.07, 6.45) is 1.30. The molecule has 1 unspecified atom stereocenters. The lowest BCUT2D eigenvalue weighted by Crippen LogP contribution is -2.31. The highest BCUT2D eigenvalue weighted by Gasteiger charge is 2.32. The molecule has 0 bridgehead atoms. The number of hydrogen-bond acceptors (Lipinski definition) is 5. The summed E-state index contributed by atoms with van der Waals surface area (Å²) in [5, 5.41) is -1.31. The first-order valence-corrected chi connectivity index (χ1v) is 10.9. The second-order valence-corrected chi connectivity index (χ2v) is 9.57. The van der Waals surface area contributed by atoms with Crippen molar-refractivity contribution < 1.29 is 25.6 Å². The second kappa shape index (κ2) is 7.63. The van der Waals surface area contributed by atoms with E-state index < -0.39 is 37.5 Å². The van der Waals surface area contributed by atoms with Crippen molar-refractivity contribution in [3.8, 4) is 0 Å². The summed E-state index contributed by atoms with van der Waals surface area (Å²) in [5.41, 5.74) is 0. The molecule has 0 aliphatic rings. The second-order valence-electron chi connectivity index (χ2n) is 5.67. The van der Waals surface area contributed by atoms with E-state index in [0.29, 0.717) is 0 Å². The van der Waals surface area contributed by atoms with Crippen LogP contribution in [0.5, 0.6) is 0 Å². The van der Waals surface area contributed by atoms with Crippen molar-refractivity contribution in [1.29, 1.82) is 0 Å². The Balaban J connectivity index is 1.92. The Morgan fingerprint density at radius 2 is 1.52 bits per heavy atom. The van der Waals surface area contributed by atoms with Gasteiger partial charge < -0.3 is 4.42 Å². The highest BCUT2D eigenvalue weighted by molar-refractivity contribution is 7.92. The third kappa shape index (κ3) is 4.26. The zero-order valence-corrected chi connectivity index (χ0v) is 15.6. The molecule has 0 saturated heterocycles. The number of sulfonamides is 1. The van der Waals surface area contributed by atoms with Crippen LogP contribution in [-0.2, 0) is 19.9 Å². The molecule has 1 N–H and O–H groups in total. The number of sulfone groups is 1. The Morgan fingerprint density at radius 3 is 2.11 bits per heavy atom. The zero-order valence-electron chi connectivity index (χ0n) is 13.9. The van der Waals surface area contributed by atoms with Gasteiger partial charge in [0.1, 0.15) is 16.8 Å². The first-order valence-electron chi connectivity index (χ1n) is 7.88. The van der Waals surface area contributed by atoms with Crippen LogP contribution in [0.4, 0.5) is 4.39 Å². The molecule has 3 rings (SSSR count). The van der Waals surface area contributed by atoms with Gasteiger partial charge in [-0.3, -0.25) is 0 Å². The molecule has 3 aromatic rings. The fourth-order valence-corrected chi connectivity index (χ4v) is 5.25. The van der Waals surface area contributed by atoms with E-state index in [1.54, 1.807) is 18.2 Å². The average molecular weight is 409 g/mol. The molecule has 0 radical (unpaired) electrons. The first-order chi connectivity index (χ1) is 12.8. The summed E-state index contributed by atoms with van der Waals surface area (Å²) in [7, 11) is -7.94. The van der Waals surface area contributed by atoms with Crippen LogP contribution in [0.3, 0.4) is 0 Å². The predicted molar refractivity (Wildman–Crippen MR) is 96.7 cm³/mol. The van der Waals surface area contributed by atoms with Gasteiger partial charge in [-0.15, -0.1) is 0 Å². The van der Waals surface area contributed by atoms with Crippen molar-refractivity contribution in [1.82, 2.24) is 4.72 Å². The summed E-state index contributed by atoms with van der Waals surface area (Å²) >= 11 is 0. The number of benzene rings is 2. The number of hydrogen-bond donors (Lipinski definition) is 1. The minimum Gasteiger partial charge on any atom is -0.468 e. The molecule has 0 spiro atoms. The van der Waals surface area contributed by atoms with Gasteiger partial charge in [0.15, 0.2) is 9.84 Å². The Labute approximate surface area is 156 Å². The molecule has 142 valence electrons. The van der Waals surface area contributed by atoms with E-state index in [9.17, 15) is 21.2 Å². The average Bonchev–Trinajstić information content (AvgIpc) is 3.17. The molecule has 9 heteroatoms. The van der Waals surface area contributed by atoms with Crippen molar-refractivity contribution in [3.63, 3.8) is 0 Å². The zero-order chi connectivity index (χ0) is 19.5. The molecular formula is C18H16FNO5S2. The van der Waals surface area contributed by atoms with Crippen LogP contribution in [0.15, 0.2) is 87.2 Å². The largest absolute Gasteiger partial charge is 0.468 e. The lowest BCUT2D eigenvalue weighted by Gasteiger charge is -2.17. The van der Waals surface area contributed by atoms with Crippen LogP contribution in [0.25, 0.3) is 0 Å². The molecule has 0 fully saturated rings. The normalized spacial score (nSPS) is 13.4. The van der Waals surface area contributed by atoms with Crippen molar-refractivity contribution in [2.24, 2.45) is 0 Å². The lowest BCUT2D eigenvalue weighted by atomic mass is 10.3. The minimum atomic E-state index is -4.03. The topological polar surface area (TPSA) is 93.4 Å². The van der Waals surface area contributed by atoms with E-state index in [0.717, 1.165) is 24.3 Å². The Hall–Kier alpha value is -2.49. The summed E-state index contributed by atoms with van der Waals surface area (Å²) in [6, 6.07) is 14.9. The molecular weight excluding hydrogens is 393 g/mol. The van der Waals surface area contributed by atoms with Gasteiger partial charge in [-0.2, -0.15) is 0 Å². The van der Waals surface area contributed by atoms with Crippen LogP contribution in [0.1, 0.15) is 11.0 Å². The third-order valence-corrected chi connectivity index (χ3v) is 7.41. The molecule has 6 nitrogen and oxygen atoms in total. The molecule has 1 aromatic heterocycles. The highest BCUT2D eigenvalue weighted by Crippen LogP contribution is 2.29. The molecule has 0 saturated carbocycles. The molecule has 27 heavy (non-hydrogen) atoms. The molecule has 0 aliphatic heterocycles. The monoisotopic (exact) mass is 409 g/mol. The van der Waals surface area contributed by atoms with Crippen LogP contribution in [0.2, 0.25) is 0 Å². The minimum absolute atomic E-state index is 0.0161. The van der Waals surface area contributed by atoms with Gasteiger partial charge in [-0.25, -0.2) is 25.9 Å². The fraction of sp³-hybridized carbons (Fsp3) is 0.111. The maximum absolute atomic E-state index is 13.1. The quantitative estimate of drug-likeness (QED) is 0.606. The molecule has 1 atom stereocenters. The van der Waals surface area contributed by atoms with E-state index in [1.165, 1.54) is 30.5 Å². The number of furan rings is 1. The van der Waals surface area contributed by atoms with E-state index in [-0.39, 0.29) is 15.6 Å². The molecule has 2 aromatic carbocycles. The number of halogens is 1. The standard InChI is InChI=1S/C18H16FNO5S2/c19-14-8-10-15(11-9-14)26(21,22)18(17-7-4-12-25-17)13-20-27(23,24)16-5-2-1-3-6-16/h1-12,18,20H,13H2. The van der Waals surface area contributed by atoms with Gasteiger partial charge in [0.2, 0.25) is 10.0 Å². The fourth-order valence-electron chi connectivity index (χ4n) is 2.49. The Bertz CT molecular complexity index is 1090. The van der Waals surface area contributed by atoms with Crippen LogP contribution in [0, 0.1) is 5.82 Å². The lowest BCUT2D eigenvalue weighted by molar-refractivity contribution is 0.486. The van der Waals surface area contributed by atoms with Gasteiger partial charge >= 0.3 is 0 Å². The van der Waals surface area contributed by atoms with Crippen LogP contribution in [-0.4, -0.2) is 23.4 Å². The summed E-state index contributed by atoms with van der Waals surface area (Å²) in [6.45, 7) is -0.440. The van der Waals surface area contributed by atoms with Crippen LogP contribution < -0.4 is 4.72 Å².